The lowest BCUT2D eigenvalue weighted by Crippen LogP contribution is -2.90. The Hall–Kier alpha value is -2.38. The summed E-state index contributed by atoms with van der Waals surface area (Å²) in [6, 6.07) is 12.5. The molecule has 4 rings (SSSR count). The van der Waals surface area contributed by atoms with Gasteiger partial charge in [-0.3, -0.25) is 9.59 Å². The van der Waals surface area contributed by atoms with Gasteiger partial charge in [-0.2, -0.15) is 0 Å². The minimum absolute atomic E-state index is 0.167. The maximum atomic E-state index is 12.6. The number of imide groups is 1. The van der Waals surface area contributed by atoms with E-state index >= 15 is 0 Å². The predicted molar refractivity (Wildman–Crippen MR) is 93.2 cm³/mol. The number of carbonyl (C=O) groups is 2. The first-order chi connectivity index (χ1) is 12.1. The fourth-order valence-corrected chi connectivity index (χ4v) is 3.31. The molecule has 2 aliphatic heterocycles. The van der Waals surface area contributed by atoms with E-state index in [1.54, 1.807) is 12.1 Å². The minimum Gasteiger partial charge on any atom is -0.454 e. The summed E-state index contributed by atoms with van der Waals surface area (Å²) < 4.78 is 11.6. The first kappa shape index (κ1) is 16.1. The lowest BCUT2D eigenvalue weighted by molar-refractivity contribution is -0.690. The van der Waals surface area contributed by atoms with Crippen LogP contribution in [0.3, 0.4) is 0 Å². The van der Waals surface area contributed by atoms with Crippen molar-refractivity contribution in [1.29, 1.82) is 0 Å². The van der Waals surface area contributed by atoms with Gasteiger partial charge in [0.05, 0.1) is 12.1 Å². The van der Waals surface area contributed by atoms with Crippen LogP contribution < -0.4 is 19.7 Å². The van der Waals surface area contributed by atoms with E-state index in [9.17, 15) is 9.59 Å². The fraction of sp³-hybridized carbons (Fsp3) is 0.222. The molecule has 1 fully saturated rings. The van der Waals surface area contributed by atoms with E-state index in [-0.39, 0.29) is 25.0 Å². The molecule has 0 aromatic heterocycles. The second-order valence-electron chi connectivity index (χ2n) is 5.98. The van der Waals surface area contributed by atoms with Gasteiger partial charge in [-0.25, -0.2) is 4.90 Å². The Morgan fingerprint density at radius 3 is 2.64 bits per heavy atom. The van der Waals surface area contributed by atoms with E-state index in [1.807, 2.05) is 35.6 Å². The van der Waals surface area contributed by atoms with E-state index in [2.05, 4.69) is 15.9 Å². The number of amides is 2. The molecule has 2 aliphatic rings. The van der Waals surface area contributed by atoms with Crippen LogP contribution in [0.4, 0.5) is 5.69 Å². The van der Waals surface area contributed by atoms with Crippen molar-refractivity contribution in [3.63, 3.8) is 0 Å². The van der Waals surface area contributed by atoms with Gasteiger partial charge in [0.2, 0.25) is 12.7 Å². The van der Waals surface area contributed by atoms with Gasteiger partial charge in [0.25, 0.3) is 5.91 Å². The Morgan fingerprint density at radius 1 is 1.08 bits per heavy atom. The van der Waals surface area contributed by atoms with Crippen molar-refractivity contribution in [3.8, 4) is 11.5 Å². The zero-order chi connectivity index (χ0) is 17.4. The lowest BCUT2D eigenvalue weighted by atomic mass is 10.1. The Bertz CT molecular complexity index is 837. The van der Waals surface area contributed by atoms with Crippen LogP contribution in [0, 0.1) is 0 Å². The largest absolute Gasteiger partial charge is 0.454 e. The van der Waals surface area contributed by atoms with Gasteiger partial charge < -0.3 is 14.8 Å². The SMILES string of the molecule is O=C1C[C@H]([NH2+]Cc2ccc3c(c2)OCO3)C(=O)N1c1ccc(Br)cc1. The minimum atomic E-state index is -0.401. The molecule has 0 spiro atoms. The number of carbonyl (C=O) groups excluding carboxylic acids is 2. The summed E-state index contributed by atoms with van der Waals surface area (Å²) in [5.74, 6) is 1.11. The van der Waals surface area contributed by atoms with E-state index in [0.29, 0.717) is 12.2 Å². The predicted octanol–water partition coefficient (Wildman–Crippen LogP) is 1.57. The van der Waals surface area contributed by atoms with Crippen molar-refractivity contribution in [1.82, 2.24) is 0 Å². The van der Waals surface area contributed by atoms with Gasteiger partial charge >= 0.3 is 0 Å². The second-order valence-corrected chi connectivity index (χ2v) is 6.90. The highest BCUT2D eigenvalue weighted by Crippen LogP contribution is 2.32. The monoisotopic (exact) mass is 403 g/mol. The summed E-state index contributed by atoms with van der Waals surface area (Å²) in [5, 5.41) is 1.90. The number of rotatable bonds is 4. The van der Waals surface area contributed by atoms with Crippen molar-refractivity contribution in [2.45, 2.75) is 19.0 Å². The smallest absolute Gasteiger partial charge is 0.292 e. The van der Waals surface area contributed by atoms with Gasteiger partial charge in [-0.15, -0.1) is 0 Å². The summed E-state index contributed by atoms with van der Waals surface area (Å²) in [4.78, 5) is 26.2. The molecule has 2 amide bonds. The molecule has 7 heteroatoms. The van der Waals surface area contributed by atoms with Gasteiger partial charge in [-0.05, 0) is 42.5 Å². The average Bonchev–Trinajstić information content (AvgIpc) is 3.18. The van der Waals surface area contributed by atoms with Crippen molar-refractivity contribution in [3.05, 3.63) is 52.5 Å². The third-order valence-corrected chi connectivity index (χ3v) is 4.87. The maximum absolute atomic E-state index is 12.6. The second kappa shape index (κ2) is 6.50. The van der Waals surface area contributed by atoms with Crippen LogP contribution in [-0.2, 0) is 16.1 Å². The van der Waals surface area contributed by atoms with Gasteiger partial charge in [-0.1, -0.05) is 15.9 Å². The number of nitrogens with two attached hydrogens (primary N) is 1. The summed E-state index contributed by atoms with van der Waals surface area (Å²) in [5.41, 5.74) is 1.63. The van der Waals surface area contributed by atoms with E-state index in [1.165, 1.54) is 4.90 Å². The summed E-state index contributed by atoms with van der Waals surface area (Å²) >= 11 is 3.35. The van der Waals surface area contributed by atoms with Crippen LogP contribution >= 0.6 is 15.9 Å². The normalized spacial score (nSPS) is 18.9. The van der Waals surface area contributed by atoms with Crippen molar-refractivity contribution in [2.75, 3.05) is 11.7 Å². The van der Waals surface area contributed by atoms with Gasteiger partial charge in [0.1, 0.15) is 6.54 Å². The number of quaternary nitrogens is 1. The molecule has 1 atom stereocenters. The Balaban J connectivity index is 1.44. The van der Waals surface area contributed by atoms with E-state index in [4.69, 9.17) is 9.47 Å². The third kappa shape index (κ3) is 3.12. The molecule has 2 aromatic carbocycles. The Morgan fingerprint density at radius 2 is 1.84 bits per heavy atom. The number of benzene rings is 2. The summed E-state index contributed by atoms with van der Waals surface area (Å²) in [6.45, 7) is 0.828. The fourth-order valence-electron chi connectivity index (χ4n) is 3.05. The van der Waals surface area contributed by atoms with Crippen molar-refractivity contribution >= 4 is 33.4 Å². The maximum Gasteiger partial charge on any atom is 0.292 e. The van der Waals surface area contributed by atoms with E-state index in [0.717, 1.165) is 21.5 Å². The quantitative estimate of drug-likeness (QED) is 0.786. The number of anilines is 1. The molecule has 0 aliphatic carbocycles. The van der Waals surface area contributed by atoms with Gasteiger partial charge in [0, 0.05) is 10.0 Å². The van der Waals surface area contributed by atoms with Gasteiger partial charge in [0.15, 0.2) is 17.5 Å². The molecule has 0 bridgehead atoms. The highest BCUT2D eigenvalue weighted by Gasteiger charge is 2.42. The average molecular weight is 404 g/mol. The number of hydrogen-bond donors (Lipinski definition) is 1. The molecule has 0 saturated carbocycles. The number of hydrogen-bond acceptors (Lipinski definition) is 4. The molecule has 2 aromatic rings. The van der Waals surface area contributed by atoms with Crippen LogP contribution in [0.25, 0.3) is 0 Å². The van der Waals surface area contributed by atoms with Crippen LogP contribution in [0.5, 0.6) is 11.5 Å². The number of fused-ring (bicyclic) bond motifs is 1. The highest BCUT2D eigenvalue weighted by molar-refractivity contribution is 9.10. The molecule has 2 heterocycles. The number of halogens is 1. The number of nitrogens with zero attached hydrogens (tertiary/aromatic N) is 1. The Kier molecular flexibility index (Phi) is 4.19. The molecule has 1 saturated heterocycles. The van der Waals surface area contributed by atoms with E-state index < -0.39 is 6.04 Å². The highest BCUT2D eigenvalue weighted by atomic mass is 79.9. The third-order valence-electron chi connectivity index (χ3n) is 4.34. The molecular weight excluding hydrogens is 388 g/mol. The van der Waals surface area contributed by atoms with Crippen molar-refractivity contribution < 1.29 is 24.4 Å². The molecule has 6 nitrogen and oxygen atoms in total. The molecule has 0 radical (unpaired) electrons. The first-order valence-electron chi connectivity index (χ1n) is 7.96. The van der Waals surface area contributed by atoms with Crippen LogP contribution in [0.2, 0.25) is 0 Å². The number of ether oxygens (including phenoxy) is 2. The molecule has 128 valence electrons. The van der Waals surface area contributed by atoms with Crippen LogP contribution in [-0.4, -0.2) is 24.6 Å². The topological polar surface area (TPSA) is 72.5 Å². The summed E-state index contributed by atoms with van der Waals surface area (Å²) in [6.07, 6.45) is 0.208. The molecule has 25 heavy (non-hydrogen) atoms. The molecular formula is C18H16BrN2O4+. The molecule has 2 N–H and O–H groups in total. The summed E-state index contributed by atoms with van der Waals surface area (Å²) in [7, 11) is 0. The van der Waals surface area contributed by atoms with Crippen LogP contribution in [0.1, 0.15) is 12.0 Å². The first-order valence-corrected chi connectivity index (χ1v) is 8.75. The van der Waals surface area contributed by atoms with Crippen molar-refractivity contribution in [2.24, 2.45) is 0 Å². The Labute approximate surface area is 152 Å². The van der Waals surface area contributed by atoms with Crippen LogP contribution in [0.15, 0.2) is 46.9 Å². The zero-order valence-corrected chi connectivity index (χ0v) is 14.9. The lowest BCUT2D eigenvalue weighted by Gasteiger charge is -2.14. The zero-order valence-electron chi connectivity index (χ0n) is 13.3. The standard InChI is InChI=1S/C18H15BrN2O4/c19-12-2-4-13(5-3-12)21-17(22)8-14(18(21)23)20-9-11-1-6-15-16(7-11)25-10-24-15/h1-7,14,20H,8-10H2/p+1/t14-/m0/s1. The molecule has 0 unspecified atom stereocenters.